The van der Waals surface area contributed by atoms with Gasteiger partial charge in [-0.3, -0.25) is 53.2 Å². The monoisotopic (exact) mass is 1760 g/mol. The van der Waals surface area contributed by atoms with Gasteiger partial charge in [-0.15, -0.1) is 24.8 Å². The van der Waals surface area contributed by atoms with Gasteiger partial charge in [0.25, 0.3) is 11.8 Å². The number of amides is 5. The van der Waals surface area contributed by atoms with Crippen LogP contribution >= 0.6 is 81.2 Å². The fourth-order valence-electron chi connectivity index (χ4n) is 9.17. The van der Waals surface area contributed by atoms with E-state index < -0.39 is 162 Å². The van der Waals surface area contributed by atoms with Gasteiger partial charge >= 0.3 is 39.5 Å². The van der Waals surface area contributed by atoms with Crippen molar-refractivity contribution in [2.75, 3.05) is 32.7 Å². The van der Waals surface area contributed by atoms with Crippen LogP contribution in [0.3, 0.4) is 0 Å². The van der Waals surface area contributed by atoms with Crippen LogP contribution in [0.25, 0.3) is 0 Å². The summed E-state index contributed by atoms with van der Waals surface area (Å²) in [5.74, 6) is -6.70. The van der Waals surface area contributed by atoms with Crippen molar-refractivity contribution in [3.05, 3.63) is 25.3 Å². The van der Waals surface area contributed by atoms with Gasteiger partial charge in [0.15, 0.2) is 16.6 Å². The molecule has 39 heteroatoms. The van der Waals surface area contributed by atoms with E-state index >= 15 is 0 Å². The Morgan fingerprint density at radius 1 is 0.583 bits per heavy atom. The predicted octanol–water partition coefficient (Wildman–Crippen LogP) is 14.5. The second-order valence-corrected chi connectivity index (χ2v) is 52.8. The molecule has 0 aromatic carbocycles. The lowest BCUT2D eigenvalue weighted by Crippen LogP contribution is -2.61. The Morgan fingerprint density at radius 3 is 1.23 bits per heavy atom. The third-order valence-electron chi connectivity index (χ3n) is 17.3. The number of ether oxygens (including phenoxy) is 3. The highest BCUT2D eigenvalue weighted by Crippen LogP contribution is 2.40. The molecule has 0 bridgehead atoms. The topological polar surface area (TPSA) is 330 Å². The van der Waals surface area contributed by atoms with Crippen LogP contribution in [0, 0.1) is 29.6 Å². The molecule has 2 aliphatic heterocycles. The molecule has 6 N–H and O–H groups in total. The quantitative estimate of drug-likeness (QED) is 0.00938. The Morgan fingerprint density at radius 2 is 0.944 bits per heavy atom. The van der Waals surface area contributed by atoms with Gasteiger partial charge in [-0.05, 0) is 161 Å². The first kappa shape index (κ1) is 109. The normalized spacial score (nSPS) is 17.8. The zero-order chi connectivity index (χ0) is 85.7. The Hall–Kier alpha value is -3.07. The number of alkyl halides is 10. The molecule has 0 spiro atoms. The molecule has 0 aromatic heterocycles. The van der Waals surface area contributed by atoms with Crippen LogP contribution in [-0.2, 0) is 80.2 Å². The number of hydrogen-bond donors (Lipinski definition) is 6. The summed E-state index contributed by atoms with van der Waals surface area (Å²) >= 11 is 38.4. The summed E-state index contributed by atoms with van der Waals surface area (Å²) < 4.78 is 84.4. The highest BCUT2D eigenvalue weighted by atomic mass is 35.6. The number of carboxylic acids is 1. The number of allylic oxidation sites excluding steroid dienone is 2. The maximum absolute atomic E-state index is 13.4. The third-order valence-corrected chi connectivity index (χ3v) is 30.4. The second kappa shape index (κ2) is 47.7. The number of nitrogens with one attached hydrogen (secondary N) is 5. The highest BCUT2D eigenvalue weighted by Gasteiger charge is 2.50. The lowest BCUT2D eigenvalue weighted by atomic mass is 9.91. The van der Waals surface area contributed by atoms with E-state index in [-0.39, 0.29) is 46.4 Å². The molecule has 0 aromatic rings. The first-order valence-electron chi connectivity index (χ1n) is 35.5. The van der Waals surface area contributed by atoms with Crippen LogP contribution in [0.15, 0.2) is 25.3 Å². The molecule has 2 aliphatic rings. The van der Waals surface area contributed by atoms with Crippen LogP contribution in [0.1, 0.15) is 175 Å². The molecule has 0 aliphatic carbocycles. The van der Waals surface area contributed by atoms with Crippen LogP contribution in [-0.4, -0.2) is 196 Å². The minimum atomic E-state index is -5.39. The summed E-state index contributed by atoms with van der Waals surface area (Å²) in [4.78, 5) is 114. The largest absolute Gasteiger partial charge is 0.522 e. The number of aliphatic carboxylic acids is 1. The number of carboxylic acid groups (broad SMARTS) is 1. The molecule has 5 amide bonds. The number of esters is 3. The molecule has 10 atom stereocenters. The van der Waals surface area contributed by atoms with Crippen molar-refractivity contribution in [3.8, 4) is 0 Å². The van der Waals surface area contributed by atoms with Crippen molar-refractivity contribution < 1.29 is 96.8 Å². The predicted molar refractivity (Wildman–Crippen MR) is 429 cm³/mol. The van der Waals surface area contributed by atoms with Gasteiger partial charge in [-0.1, -0.05) is 158 Å². The summed E-state index contributed by atoms with van der Waals surface area (Å²) in [6, 6.07) is -4.29. The average Bonchev–Trinajstić information content (AvgIpc) is 0.888. The molecular weight excluding hydrogens is 1640 g/mol. The molecule has 25 nitrogen and oxygen atoms in total. The van der Waals surface area contributed by atoms with E-state index in [0.717, 1.165) is 12.8 Å². The van der Waals surface area contributed by atoms with Crippen molar-refractivity contribution in [2.45, 2.75) is 293 Å². The van der Waals surface area contributed by atoms with Crippen LogP contribution in [0.2, 0.25) is 55.9 Å². The van der Waals surface area contributed by atoms with Crippen molar-refractivity contribution in [1.29, 1.82) is 0 Å². The SMILES string of the molecule is C=CCC[C@@H](O[Si](C)(C)C(C)(C)C)[C@@H](C)C(=O)N[C@H](C(=O)N[C@@H](C)C(=O)N1CCC[C@@H](C(=O)OCC(Cl)(Cl)Cl)N1)C(C)C.C=CCC[C@@H](O[Si](C)(C)C(C)(C)C)[C@@H](C)C(=O)O.CC(C)[C@H](CC(=O)OC(C)(C)C)C(=O)N[C@@H](C)C(=O)N1CCC[C@@H](C(=O)OCC(Cl)(Cl)Cl)N1.CCl.C[Si](C)(C)OS(=O)(=O)C(F)(F)F. The maximum Gasteiger partial charge on any atom is 0.522 e. The van der Waals surface area contributed by atoms with Crippen LogP contribution in [0.4, 0.5) is 13.2 Å². The van der Waals surface area contributed by atoms with E-state index in [2.05, 4.69) is 123 Å². The lowest BCUT2D eigenvalue weighted by Gasteiger charge is -2.41. The van der Waals surface area contributed by atoms with Gasteiger partial charge in [-0.25, -0.2) is 10.9 Å². The van der Waals surface area contributed by atoms with E-state index in [1.54, 1.807) is 34.6 Å². The summed E-state index contributed by atoms with van der Waals surface area (Å²) in [7, 11) is -12.2. The molecule has 2 saturated heterocycles. The van der Waals surface area contributed by atoms with Crippen molar-refractivity contribution in [3.63, 3.8) is 0 Å². The fourth-order valence-corrected chi connectivity index (χ4v) is 15.4. The van der Waals surface area contributed by atoms with Gasteiger partial charge in [0, 0.05) is 19.5 Å². The number of nitrogens with zero attached hydrogens (tertiary/aromatic N) is 2. The summed E-state index contributed by atoms with van der Waals surface area (Å²) in [6.07, 6.45) is 9.22. The van der Waals surface area contributed by atoms with E-state index in [0.29, 0.717) is 51.6 Å². The van der Waals surface area contributed by atoms with Gasteiger partial charge < -0.3 is 48.0 Å². The first-order chi connectivity index (χ1) is 48.6. The zero-order valence-corrected chi connectivity index (χ0v) is 76.8. The minimum Gasteiger partial charge on any atom is -0.481 e. The average molecular weight is 1760 g/mol. The molecule has 632 valence electrons. The number of hydrazine groups is 2. The van der Waals surface area contributed by atoms with Crippen molar-refractivity contribution >= 4 is 170 Å². The number of rotatable bonds is 31. The first-order valence-corrected chi connectivity index (χ1v) is 49.2. The zero-order valence-electron chi connectivity index (χ0n) is 67.7. The van der Waals surface area contributed by atoms with E-state index in [9.17, 15) is 64.7 Å². The number of halogens is 10. The van der Waals surface area contributed by atoms with E-state index in [4.69, 9.17) is 97.8 Å². The summed E-state index contributed by atoms with van der Waals surface area (Å²) in [5.41, 5.74) is -0.320. The molecule has 0 saturated carbocycles. The number of hydrogen-bond acceptors (Lipinski definition) is 19. The molecule has 0 radical (unpaired) electrons. The Labute approximate surface area is 678 Å². The number of carbonyl (C=O) groups is 9. The molecule has 2 fully saturated rings. The molecule has 108 heavy (non-hydrogen) atoms. The minimum absolute atomic E-state index is 0.0351. The Balaban J connectivity index is -0.00000149. The van der Waals surface area contributed by atoms with Gasteiger partial charge in [0.2, 0.25) is 33.6 Å². The second-order valence-electron chi connectivity index (χ2n) is 32.0. The van der Waals surface area contributed by atoms with Gasteiger partial charge in [-0.2, -0.15) is 21.6 Å². The van der Waals surface area contributed by atoms with Gasteiger partial charge in [0.1, 0.15) is 49.0 Å². The molecule has 2 rings (SSSR count). The molecular formula is C69H125Cl7F3N7O18SSi3. The maximum atomic E-state index is 13.4. The number of carbonyl (C=O) groups excluding carboxylic acids is 8. The van der Waals surface area contributed by atoms with E-state index in [1.807, 2.05) is 46.8 Å². The van der Waals surface area contributed by atoms with Crippen LogP contribution in [0.5, 0.6) is 0 Å². The standard InChI is InChI=1S/C29H51Cl3N4O6Si.C21H34Cl3N3O6.C14H28O3Si.C4H9F3O3SSi.CH3Cl/c1-11-12-15-22(42-43(9,10)28(6,7)8)19(4)24(37)34-23(18(2)3)25(38)33-20(5)26(39)36-16-13-14-21(35-36)27(40)41-17-29(30,31)32;1-12(2)14(10-16(28)33-20(4,5)6)17(29)25-13(3)18(30)27-9-7-8-15(26-27)19(31)32-11-21(22,23)24;1-8-9-10-12(11(2)13(15)16)17-18(6,7)14(3,4)5;1-12(2,3)10-11(8,9)4(5,6)7;1-2/h11,18-23,35H,1,12-17H2,2-10H3,(H,33,38)(H,34,37);12-15,26H,7-11H2,1-6H3,(H,25,29);8,11-12H,1,9-10H2,2-7H3,(H,15,16);1-3H3;1H3/t19-,20+,21+,22-,23+;13-,14-,15-;11-,12-;;/m101../s1. The molecule has 0 unspecified atom stereocenters. The van der Waals surface area contributed by atoms with Crippen LogP contribution < -0.4 is 26.8 Å². The smallest absolute Gasteiger partial charge is 0.481 e. The Kier molecular flexibility index (Phi) is 48.2. The van der Waals surface area contributed by atoms with Crippen molar-refractivity contribution in [1.82, 2.24) is 36.8 Å². The third kappa shape index (κ3) is 43.4. The highest BCUT2D eigenvalue weighted by molar-refractivity contribution is 7.88. The Bertz CT molecular complexity index is 3010. The lowest BCUT2D eigenvalue weighted by molar-refractivity contribution is -0.158. The van der Waals surface area contributed by atoms with Gasteiger partial charge in [0.05, 0.1) is 36.4 Å². The summed E-state index contributed by atoms with van der Waals surface area (Å²) in [6.45, 7) is 52.1. The summed E-state index contributed by atoms with van der Waals surface area (Å²) in [5, 5.41) is 20.1. The van der Waals surface area contributed by atoms with Crippen molar-refractivity contribution in [2.24, 2.45) is 29.6 Å². The molecule has 2 heterocycles. The fraction of sp³-hybridized carbons (Fsp3) is 0.812. The van der Waals surface area contributed by atoms with E-state index in [1.165, 1.54) is 43.0 Å².